The average Bonchev–Trinajstić information content (AvgIpc) is 2.94. The van der Waals surface area contributed by atoms with Gasteiger partial charge in [-0.15, -0.1) is 0 Å². The first-order valence-electron chi connectivity index (χ1n) is 11.7. The molecular weight excluding hydrogens is 522 g/mol. The molecule has 0 unspecified atom stereocenters. The third-order valence-corrected chi connectivity index (χ3v) is 5.75. The first kappa shape index (κ1) is 27.5. The monoisotopic (exact) mass is 543 g/mol. The molecule has 0 aliphatic rings. The van der Waals surface area contributed by atoms with Crippen molar-refractivity contribution in [1.82, 2.24) is 0 Å². The number of carboxylic acids is 2. The van der Waals surface area contributed by atoms with E-state index in [4.69, 9.17) is 14.5 Å². The first-order chi connectivity index (χ1) is 19.2. The fourth-order valence-corrected chi connectivity index (χ4v) is 3.75. The first-order valence-corrected chi connectivity index (χ1v) is 11.7. The molecule has 40 heavy (non-hydrogen) atoms. The van der Waals surface area contributed by atoms with Crippen LogP contribution >= 0.6 is 0 Å². The molecule has 11 heteroatoms. The summed E-state index contributed by atoms with van der Waals surface area (Å²) < 4.78 is 5.25. The molecule has 0 fully saturated rings. The van der Waals surface area contributed by atoms with Crippen LogP contribution in [0.4, 0.5) is 5.69 Å². The van der Waals surface area contributed by atoms with E-state index in [2.05, 4.69) is 0 Å². The molecule has 2 N–H and O–H groups in total. The standard InChI is InChI=1S/C29H21NO10/c31-27(32)24-4-2-1-3-20(24)17-38-40-23-12-7-19(8-13-23)15-18-5-10-22(11-6-18)39-29(35)26-16-21(30(36)37)9-14-25(26)28(33)34/h1-14,16H,15,17H2,(H,31,32)(H,33,34). The molecule has 202 valence electrons. The third kappa shape index (κ3) is 6.85. The van der Waals surface area contributed by atoms with E-state index in [0.29, 0.717) is 17.7 Å². The van der Waals surface area contributed by atoms with Gasteiger partial charge in [0.25, 0.3) is 5.69 Å². The minimum absolute atomic E-state index is 0.0417. The summed E-state index contributed by atoms with van der Waals surface area (Å²) in [6, 6.07) is 22.9. The number of nitrogens with zero attached hydrogens (tertiary/aromatic N) is 1. The molecule has 0 heterocycles. The third-order valence-electron chi connectivity index (χ3n) is 5.75. The summed E-state index contributed by atoms with van der Waals surface area (Å²) in [5.41, 5.74) is 1.18. The van der Waals surface area contributed by atoms with Gasteiger partial charge in [-0.2, -0.15) is 4.89 Å². The second-order valence-electron chi connectivity index (χ2n) is 8.45. The van der Waals surface area contributed by atoms with Gasteiger partial charge in [-0.1, -0.05) is 42.5 Å². The lowest BCUT2D eigenvalue weighted by Gasteiger charge is -2.09. The van der Waals surface area contributed by atoms with Crippen molar-refractivity contribution in [3.63, 3.8) is 0 Å². The Morgan fingerprint density at radius 3 is 1.93 bits per heavy atom. The molecule has 11 nitrogen and oxygen atoms in total. The summed E-state index contributed by atoms with van der Waals surface area (Å²) in [5, 5.41) is 29.6. The Labute approximate surface area is 226 Å². The van der Waals surface area contributed by atoms with Crippen LogP contribution in [0.3, 0.4) is 0 Å². The number of non-ortho nitro benzene ring substituents is 1. The van der Waals surface area contributed by atoms with Crippen molar-refractivity contribution in [3.8, 4) is 11.5 Å². The Morgan fingerprint density at radius 2 is 1.32 bits per heavy atom. The number of nitro benzene ring substituents is 1. The van der Waals surface area contributed by atoms with Crippen LogP contribution in [0.5, 0.6) is 11.5 Å². The van der Waals surface area contributed by atoms with Gasteiger partial charge in [-0.25, -0.2) is 14.4 Å². The SMILES string of the molecule is O=C(O)c1ccccc1COOc1ccc(Cc2ccc(OC(=O)c3cc([N+](=O)[O-])ccc3C(=O)O)cc2)cc1. The quantitative estimate of drug-likeness (QED) is 0.0833. The van der Waals surface area contributed by atoms with Crippen molar-refractivity contribution < 1.29 is 44.0 Å². The predicted octanol–water partition coefficient (Wildman–Crippen LogP) is 5.31. The molecule has 0 amide bonds. The number of benzene rings is 4. The second-order valence-corrected chi connectivity index (χ2v) is 8.45. The molecule has 0 atom stereocenters. The van der Waals surface area contributed by atoms with Gasteiger partial charge in [0, 0.05) is 12.1 Å². The number of esters is 1. The Kier molecular flexibility index (Phi) is 8.47. The molecule has 0 aliphatic heterocycles. The topological polar surface area (TPSA) is 162 Å². The minimum Gasteiger partial charge on any atom is -0.478 e. The molecule has 0 saturated heterocycles. The molecular formula is C29H21NO10. The van der Waals surface area contributed by atoms with E-state index in [-0.39, 0.29) is 17.9 Å². The Morgan fingerprint density at radius 1 is 0.725 bits per heavy atom. The van der Waals surface area contributed by atoms with E-state index in [0.717, 1.165) is 29.3 Å². The fraction of sp³-hybridized carbons (Fsp3) is 0.0690. The number of hydrogen-bond donors (Lipinski definition) is 2. The van der Waals surface area contributed by atoms with Crippen LogP contribution in [-0.2, 0) is 17.9 Å². The van der Waals surface area contributed by atoms with E-state index in [1.807, 2.05) is 12.1 Å². The smallest absolute Gasteiger partial charge is 0.344 e. The fourth-order valence-electron chi connectivity index (χ4n) is 3.75. The highest BCUT2D eigenvalue weighted by molar-refractivity contribution is 6.03. The molecule has 0 aromatic heterocycles. The van der Waals surface area contributed by atoms with Crippen molar-refractivity contribution in [2.75, 3.05) is 0 Å². The van der Waals surface area contributed by atoms with Crippen LogP contribution in [0.1, 0.15) is 47.8 Å². The van der Waals surface area contributed by atoms with Crippen molar-refractivity contribution in [1.29, 1.82) is 0 Å². The maximum Gasteiger partial charge on any atom is 0.344 e. The highest BCUT2D eigenvalue weighted by Gasteiger charge is 2.22. The normalized spacial score (nSPS) is 10.5. The molecule has 4 aromatic rings. The van der Waals surface area contributed by atoms with E-state index in [1.165, 1.54) is 18.2 Å². The summed E-state index contributed by atoms with van der Waals surface area (Å²) in [5.74, 6) is -2.92. The molecule has 0 aliphatic carbocycles. The zero-order chi connectivity index (χ0) is 28.6. The van der Waals surface area contributed by atoms with Crippen LogP contribution in [0.25, 0.3) is 0 Å². The summed E-state index contributed by atoms with van der Waals surface area (Å²) in [6.07, 6.45) is 0.537. The van der Waals surface area contributed by atoms with Gasteiger partial charge < -0.3 is 19.8 Å². The maximum absolute atomic E-state index is 12.6. The van der Waals surface area contributed by atoms with E-state index >= 15 is 0 Å². The van der Waals surface area contributed by atoms with Crippen LogP contribution in [0.2, 0.25) is 0 Å². The molecule has 0 bridgehead atoms. The highest BCUT2D eigenvalue weighted by atomic mass is 17.2. The lowest BCUT2D eigenvalue weighted by molar-refractivity contribution is -0.384. The summed E-state index contributed by atoms with van der Waals surface area (Å²) in [6.45, 7) is -0.0417. The van der Waals surface area contributed by atoms with Crippen LogP contribution < -0.4 is 9.62 Å². The number of carbonyl (C=O) groups is 3. The number of aromatic carboxylic acids is 2. The maximum atomic E-state index is 12.6. The zero-order valence-corrected chi connectivity index (χ0v) is 20.7. The number of nitro groups is 1. The van der Waals surface area contributed by atoms with Crippen LogP contribution in [-0.4, -0.2) is 33.0 Å². The van der Waals surface area contributed by atoms with Crippen LogP contribution in [0, 0.1) is 10.1 Å². The molecule has 4 aromatic carbocycles. The van der Waals surface area contributed by atoms with Gasteiger partial charge in [0.15, 0.2) is 5.75 Å². The Balaban J connectivity index is 1.33. The minimum atomic E-state index is -1.41. The van der Waals surface area contributed by atoms with E-state index in [9.17, 15) is 34.7 Å². The number of rotatable bonds is 11. The molecule has 4 rings (SSSR count). The highest BCUT2D eigenvalue weighted by Crippen LogP contribution is 2.22. The number of carbonyl (C=O) groups excluding carboxylic acids is 1. The van der Waals surface area contributed by atoms with Crippen LogP contribution in [0.15, 0.2) is 91.0 Å². The van der Waals surface area contributed by atoms with E-state index in [1.54, 1.807) is 42.5 Å². The van der Waals surface area contributed by atoms with E-state index < -0.39 is 39.6 Å². The summed E-state index contributed by atoms with van der Waals surface area (Å²) in [4.78, 5) is 56.0. The molecule has 0 radical (unpaired) electrons. The Hall–Kier alpha value is -5.55. The lowest BCUT2D eigenvalue weighted by atomic mass is 10.0. The zero-order valence-electron chi connectivity index (χ0n) is 20.7. The summed E-state index contributed by atoms with van der Waals surface area (Å²) >= 11 is 0. The number of ether oxygens (including phenoxy) is 1. The van der Waals surface area contributed by atoms with Crippen molar-refractivity contribution in [2.24, 2.45) is 0 Å². The molecule has 0 saturated carbocycles. The van der Waals surface area contributed by atoms with Gasteiger partial charge in [-0.05, 0) is 59.5 Å². The van der Waals surface area contributed by atoms with Crippen molar-refractivity contribution in [3.05, 3.63) is 134 Å². The van der Waals surface area contributed by atoms with Gasteiger partial charge in [0.1, 0.15) is 12.4 Å². The average molecular weight is 543 g/mol. The molecule has 0 spiro atoms. The van der Waals surface area contributed by atoms with Crippen molar-refractivity contribution in [2.45, 2.75) is 13.0 Å². The van der Waals surface area contributed by atoms with Gasteiger partial charge in [-0.3, -0.25) is 10.1 Å². The van der Waals surface area contributed by atoms with Gasteiger partial charge in [0.05, 0.1) is 21.6 Å². The summed E-state index contributed by atoms with van der Waals surface area (Å²) in [7, 11) is 0. The van der Waals surface area contributed by atoms with Crippen molar-refractivity contribution >= 4 is 23.6 Å². The Bertz CT molecular complexity index is 1560. The number of carboxylic acid groups (broad SMARTS) is 2. The predicted molar refractivity (Wildman–Crippen MR) is 140 cm³/mol. The number of hydrogen-bond acceptors (Lipinski definition) is 8. The largest absolute Gasteiger partial charge is 0.478 e. The van der Waals surface area contributed by atoms with Gasteiger partial charge in [0.2, 0.25) is 0 Å². The second kappa shape index (κ2) is 12.3. The lowest BCUT2D eigenvalue weighted by Crippen LogP contribution is -2.14. The van der Waals surface area contributed by atoms with Gasteiger partial charge >= 0.3 is 17.9 Å².